The van der Waals surface area contributed by atoms with Gasteiger partial charge in [-0.3, -0.25) is 4.57 Å². The van der Waals surface area contributed by atoms with Crippen molar-refractivity contribution in [3.05, 3.63) is 63.4 Å². The van der Waals surface area contributed by atoms with Gasteiger partial charge in [-0.15, -0.1) is 10.2 Å². The molecule has 33 heavy (non-hydrogen) atoms. The minimum atomic E-state index is -0.352. The van der Waals surface area contributed by atoms with Crippen molar-refractivity contribution in [1.29, 1.82) is 0 Å². The van der Waals surface area contributed by atoms with Gasteiger partial charge in [0.25, 0.3) is 0 Å². The first kappa shape index (κ1) is 21.9. The standard InChI is InChI=1S/C24H27ClN6O2/c1-24(2,3)22-28-27-21-20-19(11-17(12-26-20)29-10-9-18(14-29)33-4)30(23(32)31(21)22)13-15-5-7-16(25)8-6-15/h5-8,11-12,18H,9-10,13-14H2,1-4H3. The minimum Gasteiger partial charge on any atom is -0.380 e. The van der Waals surface area contributed by atoms with Crippen LogP contribution < -0.4 is 10.6 Å². The molecular formula is C24H27ClN6O2. The number of hydrogen-bond acceptors (Lipinski definition) is 6. The quantitative estimate of drug-likeness (QED) is 0.456. The Morgan fingerprint density at radius 3 is 2.61 bits per heavy atom. The maximum absolute atomic E-state index is 13.8. The predicted octanol–water partition coefficient (Wildman–Crippen LogP) is 3.66. The van der Waals surface area contributed by atoms with Crippen molar-refractivity contribution in [2.75, 3.05) is 25.1 Å². The molecule has 0 N–H and O–H groups in total. The molecule has 4 heterocycles. The van der Waals surface area contributed by atoms with E-state index in [1.54, 1.807) is 16.1 Å². The van der Waals surface area contributed by atoms with Crippen molar-refractivity contribution >= 4 is 34.0 Å². The average molecular weight is 467 g/mol. The van der Waals surface area contributed by atoms with Crippen molar-refractivity contribution < 1.29 is 4.74 Å². The van der Waals surface area contributed by atoms with Crippen LogP contribution in [-0.4, -0.2) is 50.5 Å². The van der Waals surface area contributed by atoms with E-state index in [4.69, 9.17) is 21.3 Å². The van der Waals surface area contributed by atoms with Gasteiger partial charge in [0.1, 0.15) is 11.3 Å². The molecule has 4 aromatic rings. The maximum Gasteiger partial charge on any atom is 0.336 e. The van der Waals surface area contributed by atoms with E-state index >= 15 is 0 Å². The molecule has 0 saturated carbocycles. The summed E-state index contributed by atoms with van der Waals surface area (Å²) >= 11 is 6.08. The molecule has 1 fully saturated rings. The average Bonchev–Trinajstić information content (AvgIpc) is 3.45. The van der Waals surface area contributed by atoms with Crippen molar-refractivity contribution in [3.63, 3.8) is 0 Å². The van der Waals surface area contributed by atoms with Gasteiger partial charge in [0.05, 0.1) is 30.0 Å². The van der Waals surface area contributed by atoms with Crippen molar-refractivity contribution in [2.24, 2.45) is 0 Å². The Bertz CT molecular complexity index is 1390. The SMILES string of the molecule is COC1CCN(c2cnc3c(c2)n(Cc2ccc(Cl)cc2)c(=O)n2c(C(C)(C)C)nnc32)C1. The summed E-state index contributed by atoms with van der Waals surface area (Å²) in [6.07, 6.45) is 3.01. The molecule has 9 heteroatoms. The Balaban J connectivity index is 1.74. The topological polar surface area (TPSA) is 77.5 Å². The fraction of sp³-hybridized carbons (Fsp3) is 0.417. The van der Waals surface area contributed by atoms with E-state index in [0.717, 1.165) is 36.3 Å². The maximum atomic E-state index is 13.8. The number of methoxy groups -OCH3 is 1. The highest BCUT2D eigenvalue weighted by Gasteiger charge is 2.27. The zero-order valence-electron chi connectivity index (χ0n) is 19.2. The molecule has 0 radical (unpaired) electrons. The van der Waals surface area contributed by atoms with Crippen molar-refractivity contribution in [3.8, 4) is 0 Å². The molecule has 0 bridgehead atoms. The lowest BCUT2D eigenvalue weighted by molar-refractivity contribution is 0.121. The van der Waals surface area contributed by atoms with Gasteiger partial charge in [0.2, 0.25) is 0 Å². The summed E-state index contributed by atoms with van der Waals surface area (Å²) in [5.41, 5.74) is 3.26. The fourth-order valence-corrected chi connectivity index (χ4v) is 4.53. The van der Waals surface area contributed by atoms with E-state index in [1.165, 1.54) is 0 Å². The molecule has 5 rings (SSSR count). The highest BCUT2D eigenvalue weighted by molar-refractivity contribution is 6.30. The molecule has 1 unspecified atom stereocenters. The van der Waals surface area contributed by atoms with E-state index in [-0.39, 0.29) is 17.2 Å². The summed E-state index contributed by atoms with van der Waals surface area (Å²) in [6, 6.07) is 9.57. The van der Waals surface area contributed by atoms with Crippen LogP contribution in [0.15, 0.2) is 41.3 Å². The summed E-state index contributed by atoms with van der Waals surface area (Å²) in [5.74, 6) is 0.614. The number of aromatic nitrogens is 5. The molecule has 3 aromatic heterocycles. The van der Waals surface area contributed by atoms with E-state index < -0.39 is 0 Å². The Labute approximate surface area is 196 Å². The summed E-state index contributed by atoms with van der Waals surface area (Å²) < 4.78 is 8.88. The van der Waals surface area contributed by atoms with Gasteiger partial charge < -0.3 is 9.64 Å². The lowest BCUT2D eigenvalue weighted by Crippen LogP contribution is -2.32. The molecule has 1 saturated heterocycles. The second-order valence-corrected chi connectivity index (χ2v) is 10.0. The molecule has 1 aliphatic rings. The molecule has 0 aliphatic carbocycles. The van der Waals surface area contributed by atoms with Crippen LogP contribution in [0.4, 0.5) is 5.69 Å². The second-order valence-electron chi connectivity index (χ2n) is 9.58. The Kier molecular flexibility index (Phi) is 5.37. The first-order valence-corrected chi connectivity index (χ1v) is 11.4. The van der Waals surface area contributed by atoms with Crippen LogP contribution >= 0.6 is 11.6 Å². The van der Waals surface area contributed by atoms with E-state index in [1.807, 2.05) is 57.3 Å². The zero-order valence-corrected chi connectivity index (χ0v) is 20.0. The van der Waals surface area contributed by atoms with Crippen molar-refractivity contribution in [1.82, 2.24) is 24.1 Å². The number of ether oxygens (including phenoxy) is 1. The van der Waals surface area contributed by atoms with Crippen molar-refractivity contribution in [2.45, 2.75) is 45.3 Å². The predicted molar refractivity (Wildman–Crippen MR) is 129 cm³/mol. The lowest BCUT2D eigenvalue weighted by Gasteiger charge is -2.20. The Hall–Kier alpha value is -2.97. The van der Waals surface area contributed by atoms with Crippen LogP contribution in [0.25, 0.3) is 16.7 Å². The molecule has 172 valence electrons. The molecular weight excluding hydrogens is 440 g/mol. The molecule has 1 aromatic carbocycles. The number of halogens is 1. The number of fused-ring (bicyclic) bond motifs is 3. The largest absolute Gasteiger partial charge is 0.380 e. The fourth-order valence-electron chi connectivity index (χ4n) is 4.40. The highest BCUT2D eigenvalue weighted by Crippen LogP contribution is 2.27. The molecule has 0 amide bonds. The molecule has 0 spiro atoms. The van der Waals surface area contributed by atoms with Crippen LogP contribution in [0.1, 0.15) is 38.6 Å². The summed E-state index contributed by atoms with van der Waals surface area (Å²) in [4.78, 5) is 20.8. The van der Waals surface area contributed by atoms with Gasteiger partial charge in [0, 0.05) is 30.6 Å². The Morgan fingerprint density at radius 2 is 1.94 bits per heavy atom. The normalized spacial score (nSPS) is 16.9. The highest BCUT2D eigenvalue weighted by atomic mass is 35.5. The third-order valence-electron chi connectivity index (χ3n) is 6.21. The number of benzene rings is 1. The van der Waals surface area contributed by atoms with Crippen LogP contribution in [0, 0.1) is 0 Å². The number of anilines is 1. The van der Waals surface area contributed by atoms with E-state index in [9.17, 15) is 4.79 Å². The van der Waals surface area contributed by atoms with Crippen LogP contribution in [0.2, 0.25) is 5.02 Å². The Morgan fingerprint density at radius 1 is 1.18 bits per heavy atom. The van der Waals surface area contributed by atoms with Gasteiger partial charge in [-0.05, 0) is 30.2 Å². The van der Waals surface area contributed by atoms with Gasteiger partial charge in [-0.25, -0.2) is 14.2 Å². The summed E-state index contributed by atoms with van der Waals surface area (Å²) in [6.45, 7) is 8.13. The van der Waals surface area contributed by atoms with Crippen LogP contribution in [-0.2, 0) is 16.7 Å². The summed E-state index contributed by atoms with van der Waals surface area (Å²) in [7, 11) is 1.74. The van der Waals surface area contributed by atoms with E-state index in [0.29, 0.717) is 28.6 Å². The molecule has 8 nitrogen and oxygen atoms in total. The third-order valence-corrected chi connectivity index (χ3v) is 6.46. The monoisotopic (exact) mass is 466 g/mol. The molecule has 1 atom stereocenters. The molecule has 1 aliphatic heterocycles. The minimum absolute atomic E-state index is 0.183. The van der Waals surface area contributed by atoms with Gasteiger partial charge in [-0.1, -0.05) is 44.5 Å². The lowest BCUT2D eigenvalue weighted by atomic mass is 9.96. The van der Waals surface area contributed by atoms with Gasteiger partial charge in [-0.2, -0.15) is 0 Å². The zero-order chi connectivity index (χ0) is 23.3. The van der Waals surface area contributed by atoms with Gasteiger partial charge >= 0.3 is 5.69 Å². The smallest absolute Gasteiger partial charge is 0.336 e. The number of rotatable bonds is 4. The number of hydrogen-bond donors (Lipinski definition) is 0. The van der Waals surface area contributed by atoms with Crippen LogP contribution in [0.3, 0.4) is 0 Å². The second kappa shape index (κ2) is 8.11. The first-order chi connectivity index (χ1) is 15.8. The number of nitrogens with zero attached hydrogens (tertiary/aromatic N) is 6. The van der Waals surface area contributed by atoms with Gasteiger partial charge in [0.15, 0.2) is 5.65 Å². The number of pyridine rings is 1. The van der Waals surface area contributed by atoms with Crippen LogP contribution in [0.5, 0.6) is 0 Å². The summed E-state index contributed by atoms with van der Waals surface area (Å²) in [5, 5.41) is 9.40. The first-order valence-electron chi connectivity index (χ1n) is 11.1. The van der Waals surface area contributed by atoms with E-state index in [2.05, 4.69) is 15.1 Å². The third kappa shape index (κ3) is 3.87.